The number of hydrogen-bond acceptors (Lipinski definition) is 2. The second kappa shape index (κ2) is 5.34. The summed E-state index contributed by atoms with van der Waals surface area (Å²) in [7, 11) is 0. The van der Waals surface area contributed by atoms with E-state index in [1.807, 2.05) is 6.07 Å². The molecule has 19 heavy (non-hydrogen) atoms. The van der Waals surface area contributed by atoms with Crippen LogP contribution in [-0.2, 0) is 12.8 Å². The molecule has 3 heteroatoms. The lowest BCUT2D eigenvalue weighted by Gasteiger charge is -2.33. The Balaban J connectivity index is 1.83. The molecule has 3 unspecified atom stereocenters. The van der Waals surface area contributed by atoms with Crippen LogP contribution in [0.15, 0.2) is 12.1 Å². The third kappa shape index (κ3) is 2.75. The third-order valence-corrected chi connectivity index (χ3v) is 4.83. The van der Waals surface area contributed by atoms with Gasteiger partial charge in [-0.1, -0.05) is 18.5 Å². The number of hydrogen-bond donors (Lipinski definition) is 1. The van der Waals surface area contributed by atoms with Gasteiger partial charge in [0, 0.05) is 17.5 Å². The van der Waals surface area contributed by atoms with Gasteiger partial charge in [-0.15, -0.1) is 0 Å². The van der Waals surface area contributed by atoms with Crippen molar-refractivity contribution in [3.05, 3.63) is 28.3 Å². The SMILES string of the molecule is CC1CCC(N)C(Cc2cc(Cl)cc3c2OCC3)C1. The van der Waals surface area contributed by atoms with Crippen LogP contribution in [0.5, 0.6) is 5.75 Å². The lowest BCUT2D eigenvalue weighted by Crippen LogP contribution is -2.36. The molecule has 104 valence electrons. The number of rotatable bonds is 2. The summed E-state index contributed by atoms with van der Waals surface area (Å²) in [6.45, 7) is 3.12. The van der Waals surface area contributed by atoms with Crippen LogP contribution in [0.25, 0.3) is 0 Å². The lowest BCUT2D eigenvalue weighted by atomic mass is 9.76. The van der Waals surface area contributed by atoms with Crippen LogP contribution >= 0.6 is 11.6 Å². The van der Waals surface area contributed by atoms with Crippen LogP contribution < -0.4 is 10.5 Å². The molecule has 3 rings (SSSR count). The van der Waals surface area contributed by atoms with Gasteiger partial charge < -0.3 is 10.5 Å². The topological polar surface area (TPSA) is 35.2 Å². The van der Waals surface area contributed by atoms with Crippen molar-refractivity contribution in [2.75, 3.05) is 6.61 Å². The number of benzene rings is 1. The maximum Gasteiger partial charge on any atom is 0.125 e. The highest BCUT2D eigenvalue weighted by Crippen LogP contribution is 2.37. The van der Waals surface area contributed by atoms with E-state index in [-0.39, 0.29) is 0 Å². The largest absolute Gasteiger partial charge is 0.493 e. The third-order valence-electron chi connectivity index (χ3n) is 4.61. The molecular weight excluding hydrogens is 258 g/mol. The van der Waals surface area contributed by atoms with E-state index >= 15 is 0 Å². The van der Waals surface area contributed by atoms with E-state index in [4.69, 9.17) is 22.1 Å². The summed E-state index contributed by atoms with van der Waals surface area (Å²) in [4.78, 5) is 0. The van der Waals surface area contributed by atoms with Gasteiger partial charge >= 0.3 is 0 Å². The zero-order chi connectivity index (χ0) is 13.4. The molecule has 0 radical (unpaired) electrons. The Hall–Kier alpha value is -0.730. The van der Waals surface area contributed by atoms with Crippen molar-refractivity contribution < 1.29 is 4.74 Å². The van der Waals surface area contributed by atoms with Gasteiger partial charge in [0.2, 0.25) is 0 Å². The first kappa shape index (κ1) is 13.3. The molecule has 2 nitrogen and oxygen atoms in total. The molecule has 1 aliphatic heterocycles. The van der Waals surface area contributed by atoms with Crippen molar-refractivity contribution >= 4 is 11.6 Å². The van der Waals surface area contributed by atoms with Crippen molar-refractivity contribution in [1.82, 2.24) is 0 Å². The van der Waals surface area contributed by atoms with Crippen molar-refractivity contribution in [2.45, 2.75) is 45.1 Å². The molecule has 0 saturated heterocycles. The number of ether oxygens (including phenoxy) is 1. The number of fused-ring (bicyclic) bond motifs is 1. The van der Waals surface area contributed by atoms with Gasteiger partial charge in [-0.05, 0) is 60.8 Å². The Morgan fingerprint density at radius 3 is 3.05 bits per heavy atom. The van der Waals surface area contributed by atoms with Gasteiger partial charge in [0.25, 0.3) is 0 Å². The zero-order valence-corrected chi connectivity index (χ0v) is 12.2. The van der Waals surface area contributed by atoms with E-state index in [0.717, 1.165) is 42.6 Å². The van der Waals surface area contributed by atoms with Crippen molar-refractivity contribution in [1.29, 1.82) is 0 Å². The Kier molecular flexibility index (Phi) is 3.72. The highest BCUT2D eigenvalue weighted by Gasteiger charge is 2.28. The Morgan fingerprint density at radius 1 is 1.37 bits per heavy atom. The van der Waals surface area contributed by atoms with Gasteiger partial charge in [-0.2, -0.15) is 0 Å². The van der Waals surface area contributed by atoms with Crippen molar-refractivity contribution in [3.8, 4) is 5.75 Å². The van der Waals surface area contributed by atoms with Crippen LogP contribution in [0, 0.1) is 11.8 Å². The van der Waals surface area contributed by atoms with Gasteiger partial charge in [0.05, 0.1) is 6.61 Å². The fourth-order valence-corrected chi connectivity index (χ4v) is 3.80. The second-order valence-corrected chi connectivity index (χ2v) is 6.63. The molecule has 1 heterocycles. The first-order valence-corrected chi connectivity index (χ1v) is 7.71. The molecular formula is C16H22ClNO. The molecule has 2 N–H and O–H groups in total. The average molecular weight is 280 g/mol. The molecule has 0 bridgehead atoms. The monoisotopic (exact) mass is 279 g/mol. The lowest BCUT2D eigenvalue weighted by molar-refractivity contribution is 0.242. The Bertz CT molecular complexity index is 474. The molecule has 0 aromatic heterocycles. The molecule has 0 spiro atoms. The van der Waals surface area contributed by atoms with Crippen LogP contribution in [0.1, 0.15) is 37.3 Å². The van der Waals surface area contributed by atoms with Crippen LogP contribution in [-0.4, -0.2) is 12.6 Å². The minimum Gasteiger partial charge on any atom is -0.493 e. The second-order valence-electron chi connectivity index (χ2n) is 6.20. The maximum absolute atomic E-state index is 6.30. The Morgan fingerprint density at radius 2 is 2.21 bits per heavy atom. The molecule has 0 amide bonds. The number of nitrogens with two attached hydrogens (primary N) is 1. The highest BCUT2D eigenvalue weighted by atomic mass is 35.5. The predicted octanol–water partition coefficient (Wildman–Crippen LogP) is 3.58. The van der Waals surface area contributed by atoms with Gasteiger partial charge in [0.1, 0.15) is 5.75 Å². The van der Waals surface area contributed by atoms with E-state index < -0.39 is 0 Å². The van der Waals surface area contributed by atoms with Gasteiger partial charge in [-0.25, -0.2) is 0 Å². The molecule has 1 saturated carbocycles. The van der Waals surface area contributed by atoms with Crippen LogP contribution in [0.3, 0.4) is 0 Å². The molecule has 1 fully saturated rings. The van der Waals surface area contributed by atoms with Crippen molar-refractivity contribution in [3.63, 3.8) is 0 Å². The van der Waals surface area contributed by atoms with Gasteiger partial charge in [-0.3, -0.25) is 0 Å². The van der Waals surface area contributed by atoms with Crippen LogP contribution in [0.2, 0.25) is 5.02 Å². The summed E-state index contributed by atoms with van der Waals surface area (Å²) < 4.78 is 5.79. The molecule has 1 aromatic carbocycles. The molecule has 1 aliphatic carbocycles. The normalized spacial score (nSPS) is 29.9. The molecule has 2 aliphatic rings. The molecule has 3 atom stereocenters. The first-order chi connectivity index (χ1) is 9.13. The van der Waals surface area contributed by atoms with E-state index in [9.17, 15) is 0 Å². The summed E-state index contributed by atoms with van der Waals surface area (Å²) in [6.07, 6.45) is 5.63. The van der Waals surface area contributed by atoms with E-state index in [1.165, 1.54) is 24.0 Å². The van der Waals surface area contributed by atoms with Crippen LogP contribution in [0.4, 0.5) is 0 Å². The Labute approximate surface area is 120 Å². The summed E-state index contributed by atoms with van der Waals surface area (Å²) in [5.41, 5.74) is 8.82. The standard InChI is InChI=1S/C16H22ClNO/c1-10-2-3-15(18)12(6-10)7-13-9-14(17)8-11-4-5-19-16(11)13/h8-10,12,15H,2-7,18H2,1H3. The quantitative estimate of drug-likeness (QED) is 0.898. The summed E-state index contributed by atoms with van der Waals surface area (Å²) in [5.74, 6) is 2.43. The smallest absolute Gasteiger partial charge is 0.125 e. The molecule has 1 aromatic rings. The minimum absolute atomic E-state index is 0.326. The van der Waals surface area contributed by atoms with E-state index in [0.29, 0.717) is 12.0 Å². The van der Waals surface area contributed by atoms with E-state index in [2.05, 4.69) is 13.0 Å². The maximum atomic E-state index is 6.30. The summed E-state index contributed by atoms with van der Waals surface area (Å²) in [5, 5.41) is 0.830. The number of halogens is 1. The first-order valence-electron chi connectivity index (χ1n) is 7.33. The fourth-order valence-electron chi connectivity index (χ4n) is 3.54. The summed E-state index contributed by atoms with van der Waals surface area (Å²) >= 11 is 6.22. The fraction of sp³-hybridized carbons (Fsp3) is 0.625. The van der Waals surface area contributed by atoms with E-state index in [1.54, 1.807) is 0 Å². The predicted molar refractivity (Wildman–Crippen MR) is 78.8 cm³/mol. The summed E-state index contributed by atoms with van der Waals surface area (Å²) in [6, 6.07) is 4.43. The average Bonchev–Trinajstić information content (AvgIpc) is 2.82. The highest BCUT2D eigenvalue weighted by molar-refractivity contribution is 6.30. The zero-order valence-electron chi connectivity index (χ0n) is 11.5. The minimum atomic E-state index is 0.326. The van der Waals surface area contributed by atoms with Crippen molar-refractivity contribution in [2.24, 2.45) is 17.6 Å². The van der Waals surface area contributed by atoms with Gasteiger partial charge in [0.15, 0.2) is 0 Å².